The lowest BCUT2D eigenvalue weighted by Crippen LogP contribution is -2.21. The number of nitrogens with one attached hydrogen (secondary N) is 1. The van der Waals surface area contributed by atoms with Gasteiger partial charge in [-0.05, 0) is 32.0 Å². The van der Waals surface area contributed by atoms with Crippen molar-refractivity contribution in [3.63, 3.8) is 0 Å². The van der Waals surface area contributed by atoms with Gasteiger partial charge in [0, 0.05) is 24.6 Å². The van der Waals surface area contributed by atoms with E-state index in [1.165, 1.54) is 6.26 Å². The monoisotopic (exact) mass is 257 g/mol. The Bertz CT molecular complexity index is 457. The third-order valence-electron chi connectivity index (χ3n) is 2.25. The lowest BCUT2D eigenvalue weighted by atomic mass is 10.3. The van der Waals surface area contributed by atoms with Crippen molar-refractivity contribution in [3.8, 4) is 0 Å². The minimum Gasteiger partial charge on any atom is -0.380 e. The summed E-state index contributed by atoms with van der Waals surface area (Å²) in [6, 6.07) is 6.94. The molecule has 96 valence electrons. The quantitative estimate of drug-likeness (QED) is 0.846. The Balaban J connectivity index is 2.73. The Morgan fingerprint density at radius 1 is 1.41 bits per heavy atom. The van der Waals surface area contributed by atoms with E-state index in [4.69, 9.17) is 4.74 Å². The van der Waals surface area contributed by atoms with Gasteiger partial charge in [0.05, 0.1) is 11.5 Å². The molecule has 0 amide bonds. The summed E-state index contributed by atoms with van der Waals surface area (Å²) < 4.78 is 28.1. The molecule has 0 aliphatic heterocycles. The van der Waals surface area contributed by atoms with Crippen LogP contribution in [0.2, 0.25) is 0 Å². The Morgan fingerprint density at radius 2 is 2.12 bits per heavy atom. The molecule has 0 radical (unpaired) electrons. The molecule has 0 fully saturated rings. The number of benzene rings is 1. The van der Waals surface area contributed by atoms with E-state index in [1.807, 2.05) is 19.9 Å². The van der Waals surface area contributed by atoms with Gasteiger partial charge < -0.3 is 10.1 Å². The summed E-state index contributed by atoms with van der Waals surface area (Å²) in [5.41, 5.74) is 0.792. The van der Waals surface area contributed by atoms with Gasteiger partial charge in [-0.2, -0.15) is 0 Å². The van der Waals surface area contributed by atoms with Crippen molar-refractivity contribution in [1.82, 2.24) is 0 Å². The van der Waals surface area contributed by atoms with E-state index in [0.717, 1.165) is 5.69 Å². The van der Waals surface area contributed by atoms with Crippen LogP contribution in [0.4, 0.5) is 5.69 Å². The third-order valence-corrected chi connectivity index (χ3v) is 3.36. The van der Waals surface area contributed by atoms with Crippen LogP contribution in [0.3, 0.4) is 0 Å². The maximum Gasteiger partial charge on any atom is 0.175 e. The molecule has 0 aliphatic rings. The van der Waals surface area contributed by atoms with Gasteiger partial charge in [0.1, 0.15) is 0 Å². The van der Waals surface area contributed by atoms with E-state index in [2.05, 4.69) is 5.32 Å². The van der Waals surface area contributed by atoms with E-state index in [9.17, 15) is 8.42 Å². The van der Waals surface area contributed by atoms with Gasteiger partial charge in [0.2, 0.25) is 0 Å². The molecule has 0 aliphatic carbocycles. The Morgan fingerprint density at radius 3 is 2.71 bits per heavy atom. The summed E-state index contributed by atoms with van der Waals surface area (Å²) in [5.74, 6) is 0. The average molecular weight is 257 g/mol. The fourth-order valence-electron chi connectivity index (χ4n) is 1.44. The number of ether oxygens (including phenoxy) is 1. The lowest BCUT2D eigenvalue weighted by molar-refractivity contribution is 0.141. The van der Waals surface area contributed by atoms with Crippen LogP contribution in [-0.4, -0.2) is 33.9 Å². The third kappa shape index (κ3) is 4.75. The number of hydrogen-bond donors (Lipinski definition) is 1. The fraction of sp³-hybridized carbons (Fsp3) is 0.500. The van der Waals surface area contributed by atoms with Crippen molar-refractivity contribution >= 4 is 15.5 Å². The number of anilines is 1. The van der Waals surface area contributed by atoms with Crippen LogP contribution in [0.25, 0.3) is 0 Å². The second kappa shape index (κ2) is 6.02. The summed E-state index contributed by atoms with van der Waals surface area (Å²) >= 11 is 0. The Labute approximate surface area is 103 Å². The summed E-state index contributed by atoms with van der Waals surface area (Å²) in [4.78, 5) is 0.325. The number of sulfone groups is 1. The zero-order valence-corrected chi connectivity index (χ0v) is 11.3. The van der Waals surface area contributed by atoms with Crippen LogP contribution in [-0.2, 0) is 14.6 Å². The van der Waals surface area contributed by atoms with Crippen molar-refractivity contribution in [2.45, 2.75) is 24.8 Å². The Hall–Kier alpha value is -1.07. The summed E-state index contributed by atoms with van der Waals surface area (Å²) in [5, 5.41) is 3.20. The van der Waals surface area contributed by atoms with E-state index in [1.54, 1.807) is 18.2 Å². The summed E-state index contributed by atoms with van der Waals surface area (Å²) in [7, 11) is -3.15. The van der Waals surface area contributed by atoms with Crippen molar-refractivity contribution in [1.29, 1.82) is 0 Å². The highest BCUT2D eigenvalue weighted by Crippen LogP contribution is 2.16. The first-order chi connectivity index (χ1) is 7.93. The molecule has 1 unspecified atom stereocenters. The second-order valence-corrected chi connectivity index (χ2v) is 6.02. The fourth-order valence-corrected chi connectivity index (χ4v) is 2.10. The van der Waals surface area contributed by atoms with E-state index in [0.29, 0.717) is 18.1 Å². The molecule has 0 aromatic heterocycles. The topological polar surface area (TPSA) is 55.4 Å². The highest BCUT2D eigenvalue weighted by atomic mass is 32.2. The predicted molar refractivity (Wildman–Crippen MR) is 69.1 cm³/mol. The van der Waals surface area contributed by atoms with Crippen LogP contribution in [0, 0.1) is 0 Å². The minimum absolute atomic E-state index is 0.143. The molecular formula is C12H19NO3S. The standard InChI is InChI=1S/C12H19NO3S/c1-4-16-9-10(2)13-11-6-5-7-12(8-11)17(3,14)15/h5-8,10,13H,4,9H2,1-3H3. The zero-order valence-electron chi connectivity index (χ0n) is 10.4. The van der Waals surface area contributed by atoms with Gasteiger partial charge in [-0.25, -0.2) is 8.42 Å². The maximum atomic E-state index is 11.4. The lowest BCUT2D eigenvalue weighted by Gasteiger charge is -2.15. The molecule has 17 heavy (non-hydrogen) atoms. The van der Waals surface area contributed by atoms with Crippen LogP contribution in [0.1, 0.15) is 13.8 Å². The molecule has 0 bridgehead atoms. The summed E-state index contributed by atoms with van der Waals surface area (Å²) in [6.07, 6.45) is 1.20. The first-order valence-electron chi connectivity index (χ1n) is 5.58. The van der Waals surface area contributed by atoms with Gasteiger partial charge in [0.25, 0.3) is 0 Å². The van der Waals surface area contributed by atoms with Crippen LogP contribution >= 0.6 is 0 Å². The smallest absolute Gasteiger partial charge is 0.175 e. The molecular weight excluding hydrogens is 238 g/mol. The van der Waals surface area contributed by atoms with E-state index in [-0.39, 0.29) is 6.04 Å². The molecule has 5 heteroatoms. The van der Waals surface area contributed by atoms with E-state index < -0.39 is 9.84 Å². The van der Waals surface area contributed by atoms with E-state index >= 15 is 0 Å². The Kier molecular flexibility index (Phi) is 4.96. The average Bonchev–Trinajstić information content (AvgIpc) is 2.25. The largest absolute Gasteiger partial charge is 0.380 e. The number of hydrogen-bond acceptors (Lipinski definition) is 4. The first-order valence-corrected chi connectivity index (χ1v) is 7.47. The molecule has 1 aromatic rings. The molecule has 0 saturated carbocycles. The molecule has 0 spiro atoms. The van der Waals surface area contributed by atoms with Gasteiger partial charge in [-0.1, -0.05) is 6.07 Å². The highest BCUT2D eigenvalue weighted by Gasteiger charge is 2.08. The molecule has 4 nitrogen and oxygen atoms in total. The van der Waals surface area contributed by atoms with Crippen LogP contribution in [0.5, 0.6) is 0 Å². The molecule has 0 heterocycles. The molecule has 1 N–H and O–H groups in total. The SMILES string of the molecule is CCOCC(C)Nc1cccc(S(C)(=O)=O)c1. The molecule has 1 aromatic carbocycles. The van der Waals surface area contributed by atoms with Gasteiger partial charge in [-0.3, -0.25) is 0 Å². The first kappa shape index (κ1) is 14.0. The van der Waals surface area contributed by atoms with Crippen LogP contribution in [0.15, 0.2) is 29.2 Å². The predicted octanol–water partition coefficient (Wildman–Crippen LogP) is 1.93. The van der Waals surface area contributed by atoms with Gasteiger partial charge in [0.15, 0.2) is 9.84 Å². The minimum atomic E-state index is -3.15. The van der Waals surface area contributed by atoms with Crippen molar-refractivity contribution in [2.24, 2.45) is 0 Å². The molecule has 1 atom stereocenters. The van der Waals surface area contributed by atoms with Crippen molar-refractivity contribution in [3.05, 3.63) is 24.3 Å². The molecule has 1 rings (SSSR count). The molecule has 0 saturated heterocycles. The normalized spacial score (nSPS) is 13.4. The van der Waals surface area contributed by atoms with Gasteiger partial charge >= 0.3 is 0 Å². The van der Waals surface area contributed by atoms with Gasteiger partial charge in [-0.15, -0.1) is 0 Å². The second-order valence-electron chi connectivity index (χ2n) is 4.00. The summed E-state index contributed by atoms with van der Waals surface area (Å²) in [6.45, 7) is 5.20. The zero-order chi connectivity index (χ0) is 12.9. The van der Waals surface area contributed by atoms with Crippen molar-refractivity contribution in [2.75, 3.05) is 24.8 Å². The highest BCUT2D eigenvalue weighted by molar-refractivity contribution is 7.90. The maximum absolute atomic E-state index is 11.4. The van der Waals surface area contributed by atoms with Crippen molar-refractivity contribution < 1.29 is 13.2 Å². The van der Waals surface area contributed by atoms with Crippen LogP contribution < -0.4 is 5.32 Å². The number of rotatable bonds is 6.